The van der Waals surface area contributed by atoms with Gasteiger partial charge in [0, 0.05) is 11.6 Å². The lowest BCUT2D eigenvalue weighted by atomic mass is 9.43. The summed E-state index contributed by atoms with van der Waals surface area (Å²) in [7, 11) is 0. The summed E-state index contributed by atoms with van der Waals surface area (Å²) in [6.45, 7) is 5.94. The monoisotopic (exact) mass is 287 g/mol. The first-order valence-electron chi connectivity index (χ1n) is 8.88. The summed E-state index contributed by atoms with van der Waals surface area (Å²) in [4.78, 5) is 0. The normalized spacial score (nSPS) is 42.4. The Morgan fingerprint density at radius 2 is 2.05 bits per heavy atom. The second kappa shape index (κ2) is 4.87. The highest BCUT2D eigenvalue weighted by molar-refractivity contribution is 5.20. The topological polar surface area (TPSA) is 25.2 Å². The molecule has 3 atom stereocenters. The first-order chi connectivity index (χ1) is 10.1. The van der Waals surface area contributed by atoms with Crippen molar-refractivity contribution in [2.24, 2.45) is 22.7 Å². The fourth-order valence-corrected chi connectivity index (χ4v) is 6.55. The molecule has 0 amide bonds. The van der Waals surface area contributed by atoms with Gasteiger partial charge in [0.2, 0.25) is 0 Å². The van der Waals surface area contributed by atoms with Crippen LogP contribution in [0.3, 0.4) is 0 Å². The molecule has 1 aromatic rings. The summed E-state index contributed by atoms with van der Waals surface area (Å²) in [5.74, 6) is 1.96. The first kappa shape index (κ1) is 13.9. The molecule has 1 aromatic heterocycles. The van der Waals surface area contributed by atoms with E-state index in [1.165, 1.54) is 50.5 Å². The van der Waals surface area contributed by atoms with E-state index in [1.54, 1.807) is 0 Å². The van der Waals surface area contributed by atoms with E-state index in [9.17, 15) is 0 Å². The molecule has 0 aromatic carbocycles. The molecule has 1 N–H and O–H groups in total. The summed E-state index contributed by atoms with van der Waals surface area (Å²) < 4.78 is 5.42. The molecule has 5 rings (SSSR count). The molecule has 0 saturated heterocycles. The van der Waals surface area contributed by atoms with Crippen molar-refractivity contribution in [1.82, 2.24) is 5.32 Å². The Balaban J connectivity index is 1.68. The fraction of sp³-hybridized carbons (Fsp3) is 0.789. The van der Waals surface area contributed by atoms with Gasteiger partial charge in [-0.05, 0) is 80.2 Å². The minimum Gasteiger partial charge on any atom is -0.472 e. The van der Waals surface area contributed by atoms with E-state index in [0.29, 0.717) is 16.9 Å². The van der Waals surface area contributed by atoms with Crippen LogP contribution < -0.4 is 5.32 Å². The summed E-state index contributed by atoms with van der Waals surface area (Å²) in [6.07, 6.45) is 13.8. The summed E-state index contributed by atoms with van der Waals surface area (Å²) in [5.41, 5.74) is 2.48. The van der Waals surface area contributed by atoms with Gasteiger partial charge in [-0.2, -0.15) is 0 Å². The van der Waals surface area contributed by atoms with Crippen molar-refractivity contribution in [2.45, 2.75) is 64.8 Å². The highest BCUT2D eigenvalue weighted by atomic mass is 16.3. The number of furan rings is 1. The zero-order chi connectivity index (χ0) is 14.5. The minimum absolute atomic E-state index is 0.484. The lowest BCUT2D eigenvalue weighted by Gasteiger charge is -2.63. The third-order valence-corrected chi connectivity index (χ3v) is 6.49. The van der Waals surface area contributed by atoms with Gasteiger partial charge in [0.25, 0.3) is 0 Å². The molecule has 4 saturated carbocycles. The van der Waals surface area contributed by atoms with E-state index >= 15 is 0 Å². The summed E-state index contributed by atoms with van der Waals surface area (Å²) in [6, 6.07) is 2.69. The van der Waals surface area contributed by atoms with Crippen LogP contribution in [0.25, 0.3) is 0 Å². The summed E-state index contributed by atoms with van der Waals surface area (Å²) >= 11 is 0. The SMILES string of the molecule is CCCNC(c1ccoc1)C12CC3CC(CC(C)(C3)C1)C2. The van der Waals surface area contributed by atoms with Gasteiger partial charge in [0.1, 0.15) is 0 Å². The molecule has 3 unspecified atom stereocenters. The number of hydrogen-bond acceptors (Lipinski definition) is 2. The lowest BCUT2D eigenvalue weighted by Crippen LogP contribution is -2.55. The average molecular weight is 287 g/mol. The second-order valence-electron chi connectivity index (χ2n) is 8.58. The van der Waals surface area contributed by atoms with Crippen LogP contribution in [0.2, 0.25) is 0 Å². The first-order valence-corrected chi connectivity index (χ1v) is 8.88. The molecular formula is C19H29NO. The van der Waals surface area contributed by atoms with Crippen molar-refractivity contribution >= 4 is 0 Å². The molecule has 0 radical (unpaired) electrons. The van der Waals surface area contributed by atoms with Crippen molar-refractivity contribution < 1.29 is 4.42 Å². The van der Waals surface area contributed by atoms with Crippen LogP contribution in [0.4, 0.5) is 0 Å². The maximum Gasteiger partial charge on any atom is 0.0950 e. The van der Waals surface area contributed by atoms with Gasteiger partial charge in [0.05, 0.1) is 12.5 Å². The quantitative estimate of drug-likeness (QED) is 0.831. The van der Waals surface area contributed by atoms with Crippen LogP contribution in [0.5, 0.6) is 0 Å². The van der Waals surface area contributed by atoms with Crippen LogP contribution >= 0.6 is 0 Å². The van der Waals surface area contributed by atoms with Gasteiger partial charge < -0.3 is 9.73 Å². The Kier molecular flexibility index (Phi) is 3.22. The molecule has 0 spiro atoms. The molecule has 116 valence electrons. The Morgan fingerprint density at radius 3 is 2.62 bits per heavy atom. The van der Waals surface area contributed by atoms with Crippen LogP contribution in [0, 0.1) is 22.7 Å². The molecular weight excluding hydrogens is 258 g/mol. The van der Waals surface area contributed by atoms with Crippen molar-refractivity contribution in [2.75, 3.05) is 6.54 Å². The Morgan fingerprint density at radius 1 is 1.29 bits per heavy atom. The Bertz CT molecular complexity index is 478. The van der Waals surface area contributed by atoms with Gasteiger partial charge in [-0.15, -0.1) is 0 Å². The molecule has 4 aliphatic carbocycles. The largest absolute Gasteiger partial charge is 0.472 e. The number of rotatable bonds is 5. The molecule has 0 aliphatic heterocycles. The molecule has 4 fully saturated rings. The average Bonchev–Trinajstić information content (AvgIpc) is 2.89. The van der Waals surface area contributed by atoms with E-state index in [2.05, 4.69) is 25.2 Å². The predicted octanol–water partition coefficient (Wildman–Crippen LogP) is 4.93. The van der Waals surface area contributed by atoms with E-state index in [4.69, 9.17) is 4.42 Å². The van der Waals surface area contributed by atoms with Crippen LogP contribution in [-0.2, 0) is 0 Å². The van der Waals surface area contributed by atoms with Crippen molar-refractivity contribution in [3.05, 3.63) is 24.2 Å². The third kappa shape index (κ3) is 2.27. The van der Waals surface area contributed by atoms with Gasteiger partial charge in [-0.25, -0.2) is 0 Å². The van der Waals surface area contributed by atoms with Gasteiger partial charge in [-0.1, -0.05) is 13.8 Å². The predicted molar refractivity (Wildman–Crippen MR) is 85.0 cm³/mol. The third-order valence-electron chi connectivity index (χ3n) is 6.49. The van der Waals surface area contributed by atoms with Gasteiger partial charge in [-0.3, -0.25) is 0 Å². The standard InChI is InChI=1S/C19H29NO/c1-3-5-20-17(16-4-6-21-12-16)19-10-14-7-15(11-19)9-18(2,8-14)13-19/h4,6,12,14-15,17,20H,3,5,7-11,13H2,1-2H3. The van der Waals surface area contributed by atoms with Crippen molar-refractivity contribution in [3.63, 3.8) is 0 Å². The van der Waals surface area contributed by atoms with E-state index in [0.717, 1.165) is 18.4 Å². The smallest absolute Gasteiger partial charge is 0.0950 e. The number of nitrogens with one attached hydrogen (secondary N) is 1. The molecule has 21 heavy (non-hydrogen) atoms. The maximum absolute atomic E-state index is 5.42. The van der Waals surface area contributed by atoms with Crippen LogP contribution in [0.15, 0.2) is 23.0 Å². The van der Waals surface area contributed by atoms with Gasteiger partial charge >= 0.3 is 0 Å². The molecule has 1 heterocycles. The maximum atomic E-state index is 5.42. The molecule has 4 aliphatic rings. The van der Waals surface area contributed by atoms with Crippen molar-refractivity contribution in [3.8, 4) is 0 Å². The highest BCUT2D eigenvalue weighted by Gasteiger charge is 2.58. The molecule has 2 nitrogen and oxygen atoms in total. The number of hydrogen-bond donors (Lipinski definition) is 1. The Labute approximate surface area is 128 Å². The summed E-state index contributed by atoms with van der Waals surface area (Å²) in [5, 5.41) is 3.89. The minimum atomic E-state index is 0.484. The van der Waals surface area contributed by atoms with E-state index in [1.807, 2.05) is 12.5 Å². The Hall–Kier alpha value is -0.760. The van der Waals surface area contributed by atoms with Crippen LogP contribution in [0.1, 0.15) is 70.4 Å². The molecule has 2 heteroatoms. The zero-order valence-electron chi connectivity index (χ0n) is 13.5. The lowest BCUT2D eigenvalue weighted by molar-refractivity contribution is -0.119. The second-order valence-corrected chi connectivity index (χ2v) is 8.58. The zero-order valence-corrected chi connectivity index (χ0v) is 13.5. The van der Waals surface area contributed by atoms with Crippen molar-refractivity contribution in [1.29, 1.82) is 0 Å². The fourth-order valence-electron chi connectivity index (χ4n) is 6.55. The molecule has 4 bridgehead atoms. The highest BCUT2D eigenvalue weighted by Crippen LogP contribution is 2.68. The van der Waals surface area contributed by atoms with Crippen LogP contribution in [-0.4, -0.2) is 6.54 Å². The van der Waals surface area contributed by atoms with Gasteiger partial charge in [0.15, 0.2) is 0 Å². The van der Waals surface area contributed by atoms with E-state index in [-0.39, 0.29) is 0 Å². The van der Waals surface area contributed by atoms with E-state index < -0.39 is 0 Å².